The number of carbonyl (C=O) groups excluding carboxylic acids is 2. The van der Waals surface area contributed by atoms with Gasteiger partial charge in [-0.05, 0) is 59.2 Å². The van der Waals surface area contributed by atoms with Gasteiger partial charge < -0.3 is 25.3 Å². The number of nitrogens with zero attached hydrogens (tertiary/aromatic N) is 2. The molecule has 3 N–H and O–H groups in total. The molecule has 10 heteroatoms. The van der Waals surface area contributed by atoms with Gasteiger partial charge in [-0.15, -0.1) is 0 Å². The van der Waals surface area contributed by atoms with Crippen molar-refractivity contribution in [1.29, 1.82) is 0 Å². The topological polar surface area (TPSA) is 127 Å². The Balaban J connectivity index is 1.19. The second-order valence-electron chi connectivity index (χ2n) is 13.3. The Morgan fingerprint density at radius 1 is 0.878 bits per heavy atom. The maximum atomic E-state index is 13.9. The summed E-state index contributed by atoms with van der Waals surface area (Å²) in [7, 11) is -3.34. The largest absolute Gasteiger partial charge is 0.391 e. The molecule has 2 unspecified atom stereocenters. The lowest BCUT2D eigenvalue weighted by atomic mass is 9.91. The number of nitrogens with one attached hydrogen (secondary N) is 1. The number of sulfone groups is 1. The first-order valence-electron chi connectivity index (χ1n) is 16.7. The predicted molar refractivity (Wildman–Crippen MR) is 187 cm³/mol. The van der Waals surface area contributed by atoms with E-state index >= 15 is 0 Å². The van der Waals surface area contributed by atoms with Crippen molar-refractivity contribution in [2.45, 2.75) is 61.4 Å². The minimum Gasteiger partial charge on any atom is -0.391 e. The molecule has 0 saturated carbocycles. The Bertz CT molecular complexity index is 1850. The van der Waals surface area contributed by atoms with Gasteiger partial charge in [0.15, 0.2) is 9.84 Å². The van der Waals surface area contributed by atoms with E-state index in [-0.39, 0.29) is 35.8 Å². The molecule has 1 saturated heterocycles. The van der Waals surface area contributed by atoms with Gasteiger partial charge in [0.05, 0.1) is 29.2 Å². The van der Waals surface area contributed by atoms with Gasteiger partial charge >= 0.3 is 6.03 Å². The van der Waals surface area contributed by atoms with Gasteiger partial charge in [-0.3, -0.25) is 4.79 Å². The van der Waals surface area contributed by atoms with E-state index in [1.807, 2.05) is 84.9 Å². The third kappa shape index (κ3) is 8.39. The fourth-order valence-corrected chi connectivity index (χ4v) is 7.71. The minimum absolute atomic E-state index is 0.0489. The summed E-state index contributed by atoms with van der Waals surface area (Å²) in [4.78, 5) is 31.4. The highest BCUT2D eigenvalue weighted by molar-refractivity contribution is 7.90. The fourth-order valence-electron chi connectivity index (χ4n) is 7.08. The van der Waals surface area contributed by atoms with E-state index in [0.29, 0.717) is 32.4 Å². The van der Waals surface area contributed by atoms with Gasteiger partial charge in [0.1, 0.15) is 0 Å². The highest BCUT2D eigenvalue weighted by atomic mass is 32.2. The fraction of sp³-hybridized carbons (Fsp3) is 0.333. The van der Waals surface area contributed by atoms with Crippen molar-refractivity contribution in [1.82, 2.24) is 15.1 Å². The molecular weight excluding hydrogens is 639 g/mol. The van der Waals surface area contributed by atoms with Gasteiger partial charge in [-0.1, -0.05) is 97.1 Å². The van der Waals surface area contributed by atoms with Crippen LogP contribution in [-0.2, 0) is 40.4 Å². The van der Waals surface area contributed by atoms with Crippen molar-refractivity contribution in [2.24, 2.45) is 5.92 Å². The van der Waals surface area contributed by atoms with Crippen molar-refractivity contribution < 1.29 is 28.2 Å². The van der Waals surface area contributed by atoms with Crippen LogP contribution in [0.3, 0.4) is 0 Å². The van der Waals surface area contributed by atoms with Crippen LogP contribution in [0, 0.1) is 5.92 Å². The van der Waals surface area contributed by atoms with E-state index in [0.717, 1.165) is 34.1 Å². The molecule has 49 heavy (non-hydrogen) atoms. The number of benzene rings is 4. The van der Waals surface area contributed by atoms with E-state index in [4.69, 9.17) is 0 Å². The number of hydrogen-bond acceptors (Lipinski definition) is 6. The lowest BCUT2D eigenvalue weighted by Crippen LogP contribution is -2.44. The lowest BCUT2D eigenvalue weighted by Gasteiger charge is -2.28. The van der Waals surface area contributed by atoms with Crippen LogP contribution >= 0.6 is 0 Å². The Morgan fingerprint density at radius 2 is 1.51 bits per heavy atom. The van der Waals surface area contributed by atoms with Crippen LogP contribution in [-0.4, -0.2) is 78.0 Å². The molecule has 1 heterocycles. The van der Waals surface area contributed by atoms with Crippen LogP contribution in [0.25, 0.3) is 0 Å². The molecule has 6 rings (SSSR count). The smallest absolute Gasteiger partial charge is 0.320 e. The van der Waals surface area contributed by atoms with Crippen molar-refractivity contribution in [3.8, 4) is 0 Å². The van der Waals surface area contributed by atoms with Crippen molar-refractivity contribution in [3.05, 3.63) is 137 Å². The molecule has 9 nitrogen and oxygen atoms in total. The standard InChI is InChI=1S/C39H43N3O6S/c1-49(47,48)34-18-16-29(17-19-34)24-41-25-32(21-28-12-6-3-7-13-28)42(39(41)46)26-33(43)22-31(20-27-10-4-2-5-11-27)38(45)40-37-35-15-9-8-14-30(35)23-36(37)44/h2-19,31-33,36-37,43-44H,20-26H2,1H3,(H,40,45)/t31-,32?,33+,36-,37?/m1/s1. The van der Waals surface area contributed by atoms with Gasteiger partial charge in [0.2, 0.25) is 5.91 Å². The molecule has 3 amide bonds. The third-order valence-corrected chi connectivity index (χ3v) is 10.7. The number of amides is 3. The zero-order valence-electron chi connectivity index (χ0n) is 27.6. The number of carbonyl (C=O) groups is 2. The van der Waals surface area contributed by atoms with Crippen molar-refractivity contribution in [3.63, 3.8) is 0 Å². The molecule has 1 aliphatic heterocycles. The van der Waals surface area contributed by atoms with E-state index in [1.165, 1.54) is 0 Å². The van der Waals surface area contributed by atoms with E-state index in [2.05, 4.69) is 5.32 Å². The molecule has 0 bridgehead atoms. The maximum Gasteiger partial charge on any atom is 0.320 e. The van der Waals surface area contributed by atoms with Crippen LogP contribution in [0.15, 0.2) is 114 Å². The van der Waals surface area contributed by atoms with Gasteiger partial charge in [-0.2, -0.15) is 0 Å². The Morgan fingerprint density at radius 3 is 2.18 bits per heavy atom. The van der Waals surface area contributed by atoms with E-state index in [1.54, 1.807) is 34.1 Å². The first-order chi connectivity index (χ1) is 23.5. The summed E-state index contributed by atoms with van der Waals surface area (Å²) in [5.74, 6) is -0.858. The second kappa shape index (κ2) is 14.9. The monoisotopic (exact) mass is 681 g/mol. The molecular formula is C39H43N3O6S. The Kier molecular flexibility index (Phi) is 10.5. The summed E-state index contributed by atoms with van der Waals surface area (Å²) in [5, 5.41) is 25.5. The summed E-state index contributed by atoms with van der Waals surface area (Å²) >= 11 is 0. The Labute approximate surface area is 288 Å². The summed E-state index contributed by atoms with van der Waals surface area (Å²) < 4.78 is 23.9. The molecule has 0 aromatic heterocycles. The average Bonchev–Trinajstić information content (AvgIpc) is 3.55. The number of rotatable bonds is 13. The Hall–Kier alpha value is -4.51. The average molecular weight is 682 g/mol. The second-order valence-corrected chi connectivity index (χ2v) is 15.3. The first kappa shape index (κ1) is 34.4. The normalized spacial score (nSPS) is 20.2. The number of hydrogen-bond donors (Lipinski definition) is 3. The SMILES string of the molecule is CS(=O)(=O)c1ccc(CN2CC(Cc3ccccc3)N(C[C@@H](O)C[C@@H](Cc3ccccc3)C(=O)NC3c4ccccc4C[C@H]3O)C2=O)cc1. The molecule has 2 aliphatic rings. The van der Waals surface area contributed by atoms with Crippen molar-refractivity contribution >= 4 is 21.8 Å². The number of urea groups is 1. The molecule has 0 radical (unpaired) electrons. The van der Waals surface area contributed by atoms with Crippen LogP contribution in [0.5, 0.6) is 0 Å². The van der Waals surface area contributed by atoms with E-state index < -0.39 is 34.0 Å². The molecule has 4 aromatic rings. The predicted octanol–water partition coefficient (Wildman–Crippen LogP) is 4.32. The van der Waals surface area contributed by atoms with Gasteiger partial charge in [-0.25, -0.2) is 13.2 Å². The summed E-state index contributed by atoms with van der Waals surface area (Å²) in [6, 6.07) is 32.8. The third-order valence-electron chi connectivity index (χ3n) is 9.59. The van der Waals surface area contributed by atoms with Crippen LogP contribution in [0.2, 0.25) is 0 Å². The zero-order valence-corrected chi connectivity index (χ0v) is 28.4. The zero-order chi connectivity index (χ0) is 34.5. The summed E-state index contributed by atoms with van der Waals surface area (Å²) in [6.45, 7) is 0.777. The van der Waals surface area contributed by atoms with Crippen LogP contribution in [0.1, 0.15) is 40.3 Å². The highest BCUT2D eigenvalue weighted by Crippen LogP contribution is 2.32. The molecule has 1 fully saturated rings. The van der Waals surface area contributed by atoms with E-state index in [9.17, 15) is 28.2 Å². The van der Waals surface area contributed by atoms with Gasteiger partial charge in [0.25, 0.3) is 0 Å². The van der Waals surface area contributed by atoms with Crippen LogP contribution < -0.4 is 5.32 Å². The minimum atomic E-state index is -3.34. The first-order valence-corrected chi connectivity index (χ1v) is 18.6. The molecule has 5 atom stereocenters. The van der Waals surface area contributed by atoms with Crippen LogP contribution in [0.4, 0.5) is 4.79 Å². The number of β-amino-alcohol motifs (C(OH)–C–C–N with tert-alkyl or cyclic N) is 1. The quantitative estimate of drug-likeness (QED) is 0.193. The molecule has 256 valence electrons. The maximum absolute atomic E-state index is 13.9. The summed E-state index contributed by atoms with van der Waals surface area (Å²) in [5.41, 5.74) is 4.73. The molecule has 0 spiro atoms. The van der Waals surface area contributed by atoms with Gasteiger partial charge in [0, 0.05) is 38.2 Å². The lowest BCUT2D eigenvalue weighted by molar-refractivity contribution is -0.127. The highest BCUT2D eigenvalue weighted by Gasteiger charge is 2.39. The molecule has 1 aliphatic carbocycles. The number of aliphatic hydroxyl groups excluding tert-OH is 2. The number of fused-ring (bicyclic) bond motifs is 1. The summed E-state index contributed by atoms with van der Waals surface area (Å²) in [6.07, 6.45) is 1.01. The van der Waals surface area contributed by atoms with Crippen molar-refractivity contribution in [2.75, 3.05) is 19.3 Å². The molecule has 4 aromatic carbocycles. The number of aliphatic hydroxyl groups is 2.